The van der Waals surface area contributed by atoms with Crippen LogP contribution < -0.4 is 0 Å². The molecule has 6 nitrogen and oxygen atoms in total. The van der Waals surface area contributed by atoms with Crippen LogP contribution in [0.15, 0.2) is 35.5 Å². The SMILES string of the molecule is Cc1[nH]nc2ncc(C(=O)N3CCC[C@H]3c3ccc4c(c3)C=NC4)cc12. The van der Waals surface area contributed by atoms with Crippen molar-refractivity contribution in [2.45, 2.75) is 32.4 Å². The smallest absolute Gasteiger partial charge is 0.255 e. The van der Waals surface area contributed by atoms with Gasteiger partial charge in [-0.1, -0.05) is 12.1 Å². The minimum absolute atomic E-state index is 0.0386. The van der Waals surface area contributed by atoms with Gasteiger partial charge in [0.25, 0.3) is 5.91 Å². The van der Waals surface area contributed by atoms with E-state index in [0.29, 0.717) is 11.2 Å². The molecule has 1 amide bonds. The van der Waals surface area contributed by atoms with Crippen LogP contribution in [0.1, 0.15) is 51.6 Å². The van der Waals surface area contributed by atoms with Gasteiger partial charge in [0, 0.05) is 30.0 Å². The molecule has 1 fully saturated rings. The summed E-state index contributed by atoms with van der Waals surface area (Å²) in [5, 5.41) is 7.96. The average molecular weight is 345 g/mol. The fraction of sp³-hybridized carbons (Fsp3) is 0.300. The molecule has 5 rings (SSSR count). The summed E-state index contributed by atoms with van der Waals surface area (Å²) in [5.74, 6) is 0.0386. The van der Waals surface area contributed by atoms with E-state index in [-0.39, 0.29) is 11.9 Å². The number of likely N-dealkylation sites (tertiary alicyclic amines) is 1. The summed E-state index contributed by atoms with van der Waals surface area (Å²) in [6, 6.07) is 8.48. The van der Waals surface area contributed by atoms with Crippen molar-refractivity contribution in [2.75, 3.05) is 6.54 Å². The number of benzene rings is 1. The van der Waals surface area contributed by atoms with Gasteiger partial charge in [-0.3, -0.25) is 14.9 Å². The molecule has 2 aromatic heterocycles. The van der Waals surface area contributed by atoms with Crippen molar-refractivity contribution >= 4 is 23.2 Å². The second-order valence-corrected chi connectivity index (χ2v) is 7.03. The van der Waals surface area contributed by atoms with Crippen molar-refractivity contribution in [1.29, 1.82) is 0 Å². The Morgan fingerprint density at radius 2 is 2.23 bits per heavy atom. The molecule has 1 atom stereocenters. The van der Waals surface area contributed by atoms with E-state index in [9.17, 15) is 4.79 Å². The van der Waals surface area contributed by atoms with Crippen molar-refractivity contribution in [1.82, 2.24) is 20.1 Å². The maximum Gasteiger partial charge on any atom is 0.255 e. The molecule has 1 saturated heterocycles. The Balaban J connectivity index is 1.48. The quantitative estimate of drug-likeness (QED) is 0.775. The van der Waals surface area contributed by atoms with E-state index in [2.05, 4.69) is 38.4 Å². The van der Waals surface area contributed by atoms with Gasteiger partial charge in [-0.2, -0.15) is 5.10 Å². The number of aliphatic imine (C=N–C) groups is 1. The zero-order chi connectivity index (χ0) is 17.7. The molecule has 0 bridgehead atoms. The van der Waals surface area contributed by atoms with E-state index in [1.165, 1.54) is 16.7 Å². The van der Waals surface area contributed by atoms with Gasteiger partial charge in [-0.05, 0) is 48.6 Å². The summed E-state index contributed by atoms with van der Waals surface area (Å²) in [4.78, 5) is 23.8. The zero-order valence-corrected chi connectivity index (χ0v) is 14.6. The number of carbonyl (C=O) groups excluding carboxylic acids is 1. The number of rotatable bonds is 2. The van der Waals surface area contributed by atoms with E-state index in [1.807, 2.05) is 24.1 Å². The second kappa shape index (κ2) is 5.76. The number of aryl methyl sites for hydroxylation is 1. The van der Waals surface area contributed by atoms with Crippen LogP contribution in [0.2, 0.25) is 0 Å². The molecule has 0 aliphatic carbocycles. The second-order valence-electron chi connectivity index (χ2n) is 7.03. The maximum atomic E-state index is 13.2. The predicted molar refractivity (Wildman–Crippen MR) is 99.4 cm³/mol. The van der Waals surface area contributed by atoms with Gasteiger partial charge in [0.1, 0.15) is 0 Å². The van der Waals surface area contributed by atoms with E-state index in [4.69, 9.17) is 0 Å². The molecule has 2 aliphatic heterocycles. The van der Waals surface area contributed by atoms with Crippen molar-refractivity contribution in [3.63, 3.8) is 0 Å². The lowest BCUT2D eigenvalue weighted by Gasteiger charge is -2.25. The van der Waals surface area contributed by atoms with E-state index < -0.39 is 0 Å². The third-order valence-corrected chi connectivity index (χ3v) is 5.41. The van der Waals surface area contributed by atoms with Crippen molar-refractivity contribution in [3.05, 3.63) is 58.4 Å². The Morgan fingerprint density at radius 1 is 1.31 bits per heavy atom. The molecule has 0 unspecified atom stereocenters. The standard InChI is InChI=1S/C20H19N5O/c1-12-17-8-16(11-22-19(17)24-23-12)20(26)25-6-2-3-18(25)13-4-5-14-9-21-10-15(14)7-13/h4-5,7-8,10-11,18H,2-3,6,9H2,1H3,(H,22,23,24)/t18-/m0/s1. The van der Waals surface area contributed by atoms with Gasteiger partial charge in [0.2, 0.25) is 0 Å². The number of fused-ring (bicyclic) bond motifs is 2. The molecule has 6 heteroatoms. The highest BCUT2D eigenvalue weighted by atomic mass is 16.2. The lowest BCUT2D eigenvalue weighted by molar-refractivity contribution is 0.0735. The Morgan fingerprint density at radius 3 is 3.15 bits per heavy atom. The van der Waals surface area contributed by atoms with Gasteiger partial charge in [0.05, 0.1) is 18.2 Å². The molecular weight excluding hydrogens is 326 g/mol. The highest BCUT2D eigenvalue weighted by Gasteiger charge is 2.31. The first-order valence-electron chi connectivity index (χ1n) is 8.95. The molecule has 130 valence electrons. The molecule has 0 saturated carbocycles. The van der Waals surface area contributed by atoms with E-state index >= 15 is 0 Å². The minimum Gasteiger partial charge on any atom is -0.332 e. The lowest BCUT2D eigenvalue weighted by Crippen LogP contribution is -2.30. The van der Waals surface area contributed by atoms with Gasteiger partial charge < -0.3 is 4.90 Å². The number of nitrogens with zero attached hydrogens (tertiary/aromatic N) is 4. The fourth-order valence-corrected chi connectivity index (χ4v) is 3.99. The number of aromatic nitrogens is 3. The monoisotopic (exact) mass is 345 g/mol. The Kier molecular flexibility index (Phi) is 3.38. The molecule has 3 aromatic rings. The number of amides is 1. The highest BCUT2D eigenvalue weighted by Crippen LogP contribution is 2.34. The van der Waals surface area contributed by atoms with Crippen LogP contribution in [0, 0.1) is 6.92 Å². The number of carbonyl (C=O) groups is 1. The van der Waals surface area contributed by atoms with Crippen LogP contribution in [-0.2, 0) is 6.54 Å². The highest BCUT2D eigenvalue weighted by molar-refractivity contribution is 5.97. The van der Waals surface area contributed by atoms with Crippen LogP contribution in [-0.4, -0.2) is 38.7 Å². The first-order valence-corrected chi connectivity index (χ1v) is 8.95. The normalized spacial score (nSPS) is 18.7. The third-order valence-electron chi connectivity index (χ3n) is 5.41. The lowest BCUT2D eigenvalue weighted by atomic mass is 9.99. The third kappa shape index (κ3) is 2.33. The summed E-state index contributed by atoms with van der Waals surface area (Å²) in [5.41, 5.74) is 5.83. The van der Waals surface area contributed by atoms with Crippen LogP contribution in [0.5, 0.6) is 0 Å². The van der Waals surface area contributed by atoms with Gasteiger partial charge >= 0.3 is 0 Å². The topological polar surface area (TPSA) is 74.2 Å². The number of H-pyrrole nitrogens is 1. The van der Waals surface area contributed by atoms with Crippen LogP contribution >= 0.6 is 0 Å². The zero-order valence-electron chi connectivity index (χ0n) is 14.6. The molecule has 26 heavy (non-hydrogen) atoms. The molecule has 4 heterocycles. The largest absolute Gasteiger partial charge is 0.332 e. The van der Waals surface area contributed by atoms with Crippen LogP contribution in [0.4, 0.5) is 0 Å². The van der Waals surface area contributed by atoms with Crippen LogP contribution in [0.3, 0.4) is 0 Å². The molecule has 1 N–H and O–H groups in total. The number of nitrogens with one attached hydrogen (secondary N) is 1. The summed E-state index contributed by atoms with van der Waals surface area (Å²) in [7, 11) is 0. The van der Waals surface area contributed by atoms with Crippen molar-refractivity contribution < 1.29 is 4.79 Å². The van der Waals surface area contributed by atoms with E-state index in [0.717, 1.165) is 37.0 Å². The fourth-order valence-electron chi connectivity index (χ4n) is 3.99. The number of hydrogen-bond donors (Lipinski definition) is 1. The summed E-state index contributed by atoms with van der Waals surface area (Å²) in [6.45, 7) is 3.48. The number of pyridine rings is 1. The first kappa shape index (κ1) is 15.3. The summed E-state index contributed by atoms with van der Waals surface area (Å²) < 4.78 is 0. The molecular formula is C20H19N5O. The predicted octanol–water partition coefficient (Wildman–Crippen LogP) is 3.18. The van der Waals surface area contributed by atoms with Crippen LogP contribution in [0.25, 0.3) is 11.0 Å². The Bertz CT molecular complexity index is 1050. The van der Waals surface area contributed by atoms with Gasteiger partial charge in [0.15, 0.2) is 5.65 Å². The average Bonchev–Trinajstić information content (AvgIpc) is 3.40. The minimum atomic E-state index is 0.0386. The summed E-state index contributed by atoms with van der Waals surface area (Å²) >= 11 is 0. The van der Waals surface area contributed by atoms with Gasteiger partial charge in [-0.25, -0.2) is 4.98 Å². The Hall–Kier alpha value is -3.02. The molecule has 2 aliphatic rings. The number of hydrogen-bond acceptors (Lipinski definition) is 4. The first-order chi connectivity index (χ1) is 12.7. The maximum absolute atomic E-state index is 13.2. The molecule has 1 aromatic carbocycles. The van der Waals surface area contributed by atoms with Gasteiger partial charge in [-0.15, -0.1) is 0 Å². The van der Waals surface area contributed by atoms with Crippen molar-refractivity contribution in [3.8, 4) is 0 Å². The molecule has 0 spiro atoms. The van der Waals surface area contributed by atoms with Crippen molar-refractivity contribution in [2.24, 2.45) is 4.99 Å². The molecule has 0 radical (unpaired) electrons. The summed E-state index contributed by atoms with van der Waals surface area (Å²) in [6.07, 6.45) is 5.57. The van der Waals surface area contributed by atoms with E-state index in [1.54, 1.807) is 6.20 Å². The Labute approximate surface area is 151 Å². The number of aromatic amines is 1.